The monoisotopic (exact) mass is 437 g/mol. The van der Waals surface area contributed by atoms with Crippen molar-refractivity contribution in [3.8, 4) is 0 Å². The molecule has 0 unspecified atom stereocenters. The van der Waals surface area contributed by atoms with Crippen LogP contribution in [0.5, 0.6) is 0 Å². The number of nitrogens with zero attached hydrogens (tertiary/aromatic N) is 1. The van der Waals surface area contributed by atoms with Gasteiger partial charge in [0.25, 0.3) is 5.91 Å². The number of rotatable bonds is 2. The van der Waals surface area contributed by atoms with Crippen LogP contribution in [0, 0.1) is 9.49 Å². The Morgan fingerprint density at radius 2 is 2.16 bits per heavy atom. The van der Waals surface area contributed by atoms with Crippen LogP contribution < -0.4 is 0 Å². The fourth-order valence-corrected chi connectivity index (χ4v) is 3.10. The van der Waals surface area contributed by atoms with Crippen LogP contribution in [-0.4, -0.2) is 35.0 Å². The normalized spacial score (nSPS) is 19.3. The fourth-order valence-electron chi connectivity index (χ4n) is 2.19. The van der Waals surface area contributed by atoms with E-state index in [1.165, 1.54) is 0 Å². The Balaban J connectivity index is 2.19. The topological polar surface area (TPSA) is 57.6 Å². The second-order valence-electron chi connectivity index (χ2n) is 4.55. The largest absolute Gasteiger partial charge is 0.481 e. The molecule has 0 saturated carbocycles. The van der Waals surface area contributed by atoms with Crippen LogP contribution in [0.4, 0.5) is 0 Å². The van der Waals surface area contributed by atoms with Gasteiger partial charge < -0.3 is 10.0 Å². The Morgan fingerprint density at radius 3 is 2.84 bits per heavy atom. The molecule has 1 amide bonds. The fraction of sp³-hybridized carbons (Fsp3) is 0.385. The quantitative estimate of drug-likeness (QED) is 0.723. The third kappa shape index (κ3) is 3.47. The number of hydrogen-bond donors (Lipinski definition) is 1. The van der Waals surface area contributed by atoms with E-state index in [4.69, 9.17) is 5.11 Å². The zero-order valence-corrected chi connectivity index (χ0v) is 13.8. The molecule has 0 aliphatic carbocycles. The number of carboxylic acids is 1. The number of carbonyl (C=O) groups is 2. The van der Waals surface area contributed by atoms with Crippen LogP contribution in [0.15, 0.2) is 22.7 Å². The van der Waals surface area contributed by atoms with Gasteiger partial charge in [-0.3, -0.25) is 9.59 Å². The van der Waals surface area contributed by atoms with E-state index in [0.29, 0.717) is 25.1 Å². The molecule has 0 bridgehead atoms. The second-order valence-corrected chi connectivity index (χ2v) is 6.65. The molecule has 1 heterocycles. The van der Waals surface area contributed by atoms with Gasteiger partial charge in [0.1, 0.15) is 0 Å². The smallest absolute Gasteiger partial charge is 0.308 e. The van der Waals surface area contributed by atoms with Gasteiger partial charge >= 0.3 is 5.97 Å². The average molecular weight is 438 g/mol. The van der Waals surface area contributed by atoms with E-state index in [1.807, 2.05) is 18.2 Å². The maximum absolute atomic E-state index is 12.4. The molecular formula is C13H13BrINO3. The molecule has 2 rings (SSSR count). The molecule has 0 aromatic heterocycles. The highest BCUT2D eigenvalue weighted by Crippen LogP contribution is 2.24. The highest BCUT2D eigenvalue weighted by molar-refractivity contribution is 14.1. The number of piperidine rings is 1. The first-order valence-electron chi connectivity index (χ1n) is 5.96. The highest BCUT2D eigenvalue weighted by atomic mass is 127. The molecule has 19 heavy (non-hydrogen) atoms. The van der Waals surface area contributed by atoms with E-state index >= 15 is 0 Å². The molecular weight excluding hydrogens is 425 g/mol. The second kappa shape index (κ2) is 6.21. The zero-order valence-electron chi connectivity index (χ0n) is 10.1. The minimum Gasteiger partial charge on any atom is -0.481 e. The molecule has 1 aromatic rings. The SMILES string of the molecule is O=C(O)[C@@H]1CCCN(C(=O)c2cc(I)ccc2Br)C1. The van der Waals surface area contributed by atoms with Crippen molar-refractivity contribution in [1.82, 2.24) is 4.90 Å². The van der Waals surface area contributed by atoms with Crippen LogP contribution in [0.2, 0.25) is 0 Å². The van der Waals surface area contributed by atoms with Crippen molar-refractivity contribution in [3.05, 3.63) is 31.8 Å². The summed E-state index contributed by atoms with van der Waals surface area (Å²) in [5.74, 6) is -1.37. The predicted molar refractivity (Wildman–Crippen MR) is 83.1 cm³/mol. The molecule has 1 N–H and O–H groups in total. The van der Waals surface area contributed by atoms with Gasteiger partial charge in [-0.1, -0.05) is 0 Å². The van der Waals surface area contributed by atoms with Crippen LogP contribution in [-0.2, 0) is 4.79 Å². The van der Waals surface area contributed by atoms with E-state index in [-0.39, 0.29) is 5.91 Å². The van der Waals surface area contributed by atoms with E-state index in [1.54, 1.807) is 4.90 Å². The van der Waals surface area contributed by atoms with Crippen LogP contribution in [0.1, 0.15) is 23.2 Å². The Kier molecular flexibility index (Phi) is 4.83. The molecule has 1 aromatic carbocycles. The summed E-state index contributed by atoms with van der Waals surface area (Å²) in [7, 11) is 0. The summed E-state index contributed by atoms with van der Waals surface area (Å²) >= 11 is 5.53. The minimum absolute atomic E-state index is 0.101. The van der Waals surface area contributed by atoms with Gasteiger partial charge in [-0.15, -0.1) is 0 Å². The van der Waals surface area contributed by atoms with Crippen molar-refractivity contribution in [1.29, 1.82) is 0 Å². The lowest BCUT2D eigenvalue weighted by Crippen LogP contribution is -2.42. The Labute approximate surface area is 133 Å². The Hall–Kier alpha value is -0.630. The number of halogens is 2. The molecule has 0 spiro atoms. The van der Waals surface area contributed by atoms with Crippen molar-refractivity contribution in [2.24, 2.45) is 5.92 Å². The van der Waals surface area contributed by atoms with E-state index in [0.717, 1.165) is 14.5 Å². The van der Waals surface area contributed by atoms with E-state index in [9.17, 15) is 9.59 Å². The third-order valence-electron chi connectivity index (χ3n) is 3.22. The van der Waals surface area contributed by atoms with Gasteiger partial charge in [-0.25, -0.2) is 0 Å². The zero-order chi connectivity index (χ0) is 14.0. The number of aliphatic carboxylic acids is 1. The molecule has 1 fully saturated rings. The molecule has 1 atom stereocenters. The number of hydrogen-bond acceptors (Lipinski definition) is 2. The number of benzene rings is 1. The first kappa shape index (κ1) is 14.8. The van der Waals surface area contributed by atoms with Crippen molar-refractivity contribution >= 4 is 50.4 Å². The number of carboxylic acid groups (broad SMARTS) is 1. The molecule has 1 aliphatic rings. The lowest BCUT2D eigenvalue weighted by molar-refractivity contribution is -0.143. The summed E-state index contributed by atoms with van der Waals surface area (Å²) in [5, 5.41) is 9.06. The molecule has 1 aliphatic heterocycles. The Morgan fingerprint density at radius 1 is 1.42 bits per heavy atom. The summed E-state index contributed by atoms with van der Waals surface area (Å²) in [4.78, 5) is 25.1. The summed E-state index contributed by atoms with van der Waals surface area (Å²) in [6, 6.07) is 5.57. The predicted octanol–water partition coefficient (Wildman–Crippen LogP) is 2.99. The maximum Gasteiger partial charge on any atom is 0.308 e. The minimum atomic E-state index is -0.820. The molecule has 4 nitrogen and oxygen atoms in total. The van der Waals surface area contributed by atoms with Crippen LogP contribution in [0.25, 0.3) is 0 Å². The molecule has 102 valence electrons. The summed E-state index contributed by atoms with van der Waals surface area (Å²) in [5.41, 5.74) is 0.595. The number of likely N-dealkylation sites (tertiary alicyclic amines) is 1. The summed E-state index contributed by atoms with van der Waals surface area (Å²) < 4.78 is 1.73. The van der Waals surface area contributed by atoms with E-state index in [2.05, 4.69) is 38.5 Å². The summed E-state index contributed by atoms with van der Waals surface area (Å²) in [6.07, 6.45) is 1.39. The lowest BCUT2D eigenvalue weighted by Gasteiger charge is -2.31. The van der Waals surface area contributed by atoms with Gasteiger partial charge in [0.05, 0.1) is 11.5 Å². The maximum atomic E-state index is 12.4. The standard InChI is InChI=1S/C13H13BrINO3/c14-11-4-3-9(15)6-10(11)12(17)16-5-1-2-8(7-16)13(18)19/h3-4,6,8H,1-2,5,7H2,(H,18,19)/t8-/m1/s1. The van der Waals surface area contributed by atoms with Crippen LogP contribution in [0.3, 0.4) is 0 Å². The first-order chi connectivity index (χ1) is 8.99. The summed E-state index contributed by atoms with van der Waals surface area (Å²) in [6.45, 7) is 0.923. The van der Waals surface area contributed by atoms with Crippen molar-refractivity contribution < 1.29 is 14.7 Å². The Bertz CT molecular complexity index is 521. The lowest BCUT2D eigenvalue weighted by atomic mass is 9.97. The molecule has 1 saturated heterocycles. The van der Waals surface area contributed by atoms with Gasteiger partial charge in [0.15, 0.2) is 0 Å². The highest BCUT2D eigenvalue weighted by Gasteiger charge is 2.29. The molecule has 0 radical (unpaired) electrons. The van der Waals surface area contributed by atoms with Gasteiger partial charge in [0, 0.05) is 21.1 Å². The van der Waals surface area contributed by atoms with Crippen molar-refractivity contribution in [2.45, 2.75) is 12.8 Å². The first-order valence-corrected chi connectivity index (χ1v) is 7.83. The average Bonchev–Trinajstić information content (AvgIpc) is 2.41. The van der Waals surface area contributed by atoms with Crippen molar-refractivity contribution in [2.75, 3.05) is 13.1 Å². The van der Waals surface area contributed by atoms with Gasteiger partial charge in [-0.2, -0.15) is 0 Å². The third-order valence-corrected chi connectivity index (χ3v) is 4.58. The van der Waals surface area contributed by atoms with Gasteiger partial charge in [-0.05, 0) is 69.6 Å². The number of carbonyl (C=O) groups excluding carboxylic acids is 1. The number of amides is 1. The van der Waals surface area contributed by atoms with Gasteiger partial charge in [0.2, 0.25) is 0 Å². The van der Waals surface area contributed by atoms with E-state index < -0.39 is 11.9 Å². The molecule has 6 heteroatoms. The van der Waals surface area contributed by atoms with Crippen LogP contribution >= 0.6 is 38.5 Å². The van der Waals surface area contributed by atoms with Crippen molar-refractivity contribution in [3.63, 3.8) is 0 Å².